The molecule has 0 aromatic heterocycles. The first kappa shape index (κ1) is 8.49. The highest BCUT2D eigenvalue weighted by Crippen LogP contribution is 1.97. The van der Waals surface area contributed by atoms with Crippen molar-refractivity contribution in [2.24, 2.45) is 0 Å². The zero-order chi connectivity index (χ0) is 8.10. The Kier molecular flexibility index (Phi) is 3.32. The van der Waals surface area contributed by atoms with E-state index in [1.165, 1.54) is 0 Å². The summed E-state index contributed by atoms with van der Waals surface area (Å²) in [6, 6.07) is 0.303. The molecule has 0 bridgehead atoms. The number of carbonyl (C=O) groups is 1. The maximum atomic E-state index is 10.7. The molecule has 1 amide bonds. The number of hydrogen-bond acceptors (Lipinski definition) is 3. The van der Waals surface area contributed by atoms with E-state index >= 15 is 0 Å². The van der Waals surface area contributed by atoms with Crippen LogP contribution in [-0.4, -0.2) is 38.8 Å². The zero-order valence-electron chi connectivity index (χ0n) is 6.72. The Bertz CT molecular complexity index is 138. The van der Waals surface area contributed by atoms with Gasteiger partial charge in [0.25, 0.3) is 0 Å². The molecule has 1 heterocycles. The lowest BCUT2D eigenvalue weighted by molar-refractivity contribution is -0.119. The fourth-order valence-corrected chi connectivity index (χ4v) is 1.11. The Hall–Kier alpha value is -0.610. The lowest BCUT2D eigenvalue weighted by atomic mass is 10.2. The van der Waals surface area contributed by atoms with Crippen molar-refractivity contribution in [3.8, 4) is 0 Å². The summed E-state index contributed by atoms with van der Waals surface area (Å²) in [6.07, 6.45) is 0.601. The molecule has 0 spiro atoms. The molecule has 1 aliphatic rings. The molecule has 1 unspecified atom stereocenters. The maximum absolute atomic E-state index is 10.7. The molecule has 1 rings (SSSR count). The number of ether oxygens (including phenoxy) is 1. The summed E-state index contributed by atoms with van der Waals surface area (Å²) in [5.41, 5.74) is 0. The molecule has 4 heteroatoms. The molecule has 1 atom stereocenters. The highest BCUT2D eigenvalue weighted by Gasteiger charge is 2.19. The molecule has 4 nitrogen and oxygen atoms in total. The quantitative estimate of drug-likeness (QED) is 0.522. The summed E-state index contributed by atoms with van der Waals surface area (Å²) in [7, 11) is 1.67. The normalized spacial score (nSPS) is 23.7. The topological polar surface area (TPSA) is 50.4 Å². The second-order valence-electron chi connectivity index (χ2n) is 2.65. The Morgan fingerprint density at radius 1 is 1.82 bits per heavy atom. The second kappa shape index (κ2) is 4.31. The van der Waals surface area contributed by atoms with Crippen LogP contribution >= 0.6 is 0 Å². The Labute approximate surface area is 66.3 Å². The van der Waals surface area contributed by atoms with Gasteiger partial charge >= 0.3 is 0 Å². The summed E-state index contributed by atoms with van der Waals surface area (Å²) in [4.78, 5) is 10.7. The van der Waals surface area contributed by atoms with E-state index in [1.807, 2.05) is 0 Å². The van der Waals surface area contributed by atoms with Gasteiger partial charge < -0.3 is 15.4 Å². The van der Waals surface area contributed by atoms with Crippen molar-refractivity contribution in [1.29, 1.82) is 0 Å². The minimum Gasteiger partial charge on any atom is -0.383 e. The molecule has 0 saturated carbocycles. The van der Waals surface area contributed by atoms with Crippen molar-refractivity contribution >= 4 is 5.91 Å². The Morgan fingerprint density at radius 2 is 2.64 bits per heavy atom. The average molecular weight is 158 g/mol. The van der Waals surface area contributed by atoms with Crippen molar-refractivity contribution < 1.29 is 9.53 Å². The van der Waals surface area contributed by atoms with Crippen molar-refractivity contribution in [2.45, 2.75) is 12.5 Å². The van der Waals surface area contributed by atoms with Crippen LogP contribution in [0.2, 0.25) is 0 Å². The largest absolute Gasteiger partial charge is 0.383 e. The van der Waals surface area contributed by atoms with Crippen molar-refractivity contribution in [1.82, 2.24) is 10.6 Å². The van der Waals surface area contributed by atoms with E-state index in [-0.39, 0.29) is 5.91 Å². The molecule has 0 aromatic carbocycles. The number of methoxy groups -OCH3 is 1. The van der Waals surface area contributed by atoms with E-state index in [0.717, 1.165) is 13.1 Å². The van der Waals surface area contributed by atoms with Crippen LogP contribution in [0.15, 0.2) is 0 Å². The molecular formula is C7H14N2O2. The standard InChI is InChI=1S/C7H14N2O2/c1-11-3-2-8-6-4-7(10)9-5-6/h6,8H,2-5H2,1H3,(H,9,10). The molecule has 1 saturated heterocycles. The summed E-state index contributed by atoms with van der Waals surface area (Å²) in [5, 5.41) is 5.96. The summed E-state index contributed by atoms with van der Waals surface area (Å²) >= 11 is 0. The predicted octanol–water partition coefficient (Wildman–Crippen LogP) is -0.889. The Balaban J connectivity index is 2.04. The number of rotatable bonds is 4. The van der Waals surface area contributed by atoms with Crippen LogP contribution < -0.4 is 10.6 Å². The lowest BCUT2D eigenvalue weighted by Gasteiger charge is -2.08. The molecular weight excluding hydrogens is 144 g/mol. The summed E-state index contributed by atoms with van der Waals surface area (Å²) in [5.74, 6) is 0.139. The molecule has 2 N–H and O–H groups in total. The van der Waals surface area contributed by atoms with Crippen molar-refractivity contribution in [2.75, 3.05) is 26.8 Å². The first-order valence-electron chi connectivity index (χ1n) is 3.82. The third-order valence-corrected chi connectivity index (χ3v) is 1.72. The number of hydrogen-bond donors (Lipinski definition) is 2. The molecule has 1 fully saturated rings. The van der Waals surface area contributed by atoms with Gasteiger partial charge in [-0.2, -0.15) is 0 Å². The highest BCUT2D eigenvalue weighted by atomic mass is 16.5. The van der Waals surface area contributed by atoms with Crippen LogP contribution in [0.25, 0.3) is 0 Å². The molecule has 0 aromatic rings. The minimum absolute atomic E-state index is 0.139. The van der Waals surface area contributed by atoms with Crippen LogP contribution in [0, 0.1) is 0 Å². The summed E-state index contributed by atoms with van der Waals surface area (Å²) < 4.78 is 4.86. The predicted molar refractivity (Wildman–Crippen MR) is 41.3 cm³/mol. The van der Waals surface area contributed by atoms with Gasteiger partial charge in [-0.1, -0.05) is 0 Å². The molecule has 0 aliphatic carbocycles. The van der Waals surface area contributed by atoms with Crippen LogP contribution in [0.1, 0.15) is 6.42 Å². The van der Waals surface area contributed by atoms with Gasteiger partial charge in [0.2, 0.25) is 5.91 Å². The van der Waals surface area contributed by atoms with Gasteiger partial charge in [0.15, 0.2) is 0 Å². The van der Waals surface area contributed by atoms with Gasteiger partial charge in [0.05, 0.1) is 6.61 Å². The first-order chi connectivity index (χ1) is 5.33. The van der Waals surface area contributed by atoms with Gasteiger partial charge in [0.1, 0.15) is 0 Å². The summed E-state index contributed by atoms with van der Waals surface area (Å²) in [6.45, 7) is 2.27. The molecule has 0 radical (unpaired) electrons. The molecule has 64 valence electrons. The highest BCUT2D eigenvalue weighted by molar-refractivity contribution is 5.78. The monoisotopic (exact) mass is 158 g/mol. The van der Waals surface area contributed by atoms with Crippen LogP contribution in [-0.2, 0) is 9.53 Å². The van der Waals surface area contributed by atoms with E-state index < -0.39 is 0 Å². The SMILES string of the molecule is COCCNC1CNC(=O)C1. The van der Waals surface area contributed by atoms with Gasteiger partial charge in [-0.15, -0.1) is 0 Å². The van der Waals surface area contributed by atoms with Crippen LogP contribution in [0.5, 0.6) is 0 Å². The molecule has 11 heavy (non-hydrogen) atoms. The number of carbonyl (C=O) groups excluding carboxylic acids is 1. The van der Waals surface area contributed by atoms with Crippen molar-refractivity contribution in [3.05, 3.63) is 0 Å². The van der Waals surface area contributed by atoms with E-state index in [1.54, 1.807) is 7.11 Å². The Morgan fingerprint density at radius 3 is 3.18 bits per heavy atom. The maximum Gasteiger partial charge on any atom is 0.221 e. The van der Waals surface area contributed by atoms with E-state index in [9.17, 15) is 4.79 Å². The fourth-order valence-electron chi connectivity index (χ4n) is 1.11. The van der Waals surface area contributed by atoms with Crippen LogP contribution in [0.3, 0.4) is 0 Å². The third-order valence-electron chi connectivity index (χ3n) is 1.72. The van der Waals surface area contributed by atoms with E-state index in [0.29, 0.717) is 19.1 Å². The van der Waals surface area contributed by atoms with Crippen LogP contribution in [0.4, 0.5) is 0 Å². The minimum atomic E-state index is 0.139. The number of nitrogens with one attached hydrogen (secondary N) is 2. The zero-order valence-corrected chi connectivity index (χ0v) is 6.72. The van der Waals surface area contributed by atoms with E-state index in [4.69, 9.17) is 4.74 Å². The van der Waals surface area contributed by atoms with Gasteiger partial charge in [-0.05, 0) is 0 Å². The smallest absolute Gasteiger partial charge is 0.221 e. The fraction of sp³-hybridized carbons (Fsp3) is 0.857. The average Bonchev–Trinajstić information content (AvgIpc) is 2.37. The lowest BCUT2D eigenvalue weighted by Crippen LogP contribution is -2.33. The number of amides is 1. The van der Waals surface area contributed by atoms with Gasteiger partial charge in [0, 0.05) is 32.7 Å². The van der Waals surface area contributed by atoms with Gasteiger partial charge in [-0.25, -0.2) is 0 Å². The van der Waals surface area contributed by atoms with E-state index in [2.05, 4.69) is 10.6 Å². The second-order valence-corrected chi connectivity index (χ2v) is 2.65. The van der Waals surface area contributed by atoms with Crippen molar-refractivity contribution in [3.63, 3.8) is 0 Å². The third kappa shape index (κ3) is 2.86. The van der Waals surface area contributed by atoms with Gasteiger partial charge in [-0.3, -0.25) is 4.79 Å². The first-order valence-corrected chi connectivity index (χ1v) is 3.82. The molecule has 1 aliphatic heterocycles.